The third-order valence-electron chi connectivity index (χ3n) is 2.19. The van der Waals surface area contributed by atoms with Crippen molar-refractivity contribution in [1.29, 1.82) is 0 Å². The van der Waals surface area contributed by atoms with Crippen molar-refractivity contribution in [3.8, 4) is 16.9 Å². The minimum Gasteiger partial charge on any atom is -0.496 e. The Labute approximate surface area is 94.3 Å². The minimum absolute atomic E-state index is 0.619. The molecule has 0 saturated carbocycles. The van der Waals surface area contributed by atoms with Crippen molar-refractivity contribution < 1.29 is 4.74 Å². The molecule has 0 aliphatic rings. The number of halogens is 1. The molecule has 0 bridgehead atoms. The summed E-state index contributed by atoms with van der Waals surface area (Å²) < 4.78 is 5.28. The van der Waals surface area contributed by atoms with E-state index in [1.807, 2.05) is 42.5 Å². The number of benzene rings is 2. The Kier molecular flexibility index (Phi) is 2.93. The average Bonchev–Trinajstić information content (AvgIpc) is 2.30. The standard InChI is InChI=1S/C13H10ClO/c1-15-13-5-3-2-4-12(13)10-6-8-11(14)9-7-10/h2-8H,1H3. The van der Waals surface area contributed by atoms with Gasteiger partial charge in [-0.25, -0.2) is 0 Å². The van der Waals surface area contributed by atoms with Crippen LogP contribution in [-0.2, 0) is 0 Å². The van der Waals surface area contributed by atoms with E-state index in [0.717, 1.165) is 16.9 Å². The van der Waals surface area contributed by atoms with Crippen molar-refractivity contribution in [2.75, 3.05) is 7.11 Å². The second kappa shape index (κ2) is 4.37. The molecule has 0 aliphatic carbocycles. The van der Waals surface area contributed by atoms with Crippen LogP contribution in [0.2, 0.25) is 5.02 Å². The van der Waals surface area contributed by atoms with Crippen LogP contribution in [0.1, 0.15) is 0 Å². The highest BCUT2D eigenvalue weighted by atomic mass is 35.5. The van der Waals surface area contributed by atoms with E-state index in [0.29, 0.717) is 5.02 Å². The van der Waals surface area contributed by atoms with E-state index in [1.54, 1.807) is 7.11 Å². The molecule has 15 heavy (non-hydrogen) atoms. The molecule has 75 valence electrons. The Morgan fingerprint density at radius 2 is 1.93 bits per heavy atom. The van der Waals surface area contributed by atoms with Crippen molar-refractivity contribution in [2.24, 2.45) is 0 Å². The summed E-state index contributed by atoms with van der Waals surface area (Å²) >= 11 is 5.79. The minimum atomic E-state index is 0.619. The van der Waals surface area contributed by atoms with Gasteiger partial charge in [0.1, 0.15) is 5.75 Å². The molecule has 0 aromatic heterocycles. The quantitative estimate of drug-likeness (QED) is 0.743. The molecule has 1 nitrogen and oxygen atoms in total. The van der Waals surface area contributed by atoms with Crippen LogP contribution in [0.25, 0.3) is 11.1 Å². The molecular formula is C13H10ClO. The first kappa shape index (κ1) is 10.1. The van der Waals surface area contributed by atoms with E-state index in [-0.39, 0.29) is 0 Å². The summed E-state index contributed by atoms with van der Waals surface area (Å²) in [5.74, 6) is 0.855. The predicted molar refractivity (Wildman–Crippen MR) is 62.3 cm³/mol. The Balaban J connectivity index is 2.49. The number of hydrogen-bond acceptors (Lipinski definition) is 1. The maximum Gasteiger partial charge on any atom is 0.126 e. The van der Waals surface area contributed by atoms with Gasteiger partial charge in [0.25, 0.3) is 0 Å². The van der Waals surface area contributed by atoms with Gasteiger partial charge in [-0.2, -0.15) is 0 Å². The van der Waals surface area contributed by atoms with Crippen LogP contribution in [0.3, 0.4) is 0 Å². The largest absolute Gasteiger partial charge is 0.496 e. The summed E-state index contributed by atoms with van der Waals surface area (Å²) in [7, 11) is 1.67. The summed E-state index contributed by atoms with van der Waals surface area (Å²) in [4.78, 5) is 0. The third kappa shape index (κ3) is 2.13. The van der Waals surface area contributed by atoms with Gasteiger partial charge in [-0.1, -0.05) is 35.9 Å². The lowest BCUT2D eigenvalue weighted by Crippen LogP contribution is -1.86. The molecule has 0 atom stereocenters. The number of hydrogen-bond donors (Lipinski definition) is 0. The normalized spacial score (nSPS) is 10.0. The smallest absolute Gasteiger partial charge is 0.126 e. The number of para-hydroxylation sites is 1. The maximum absolute atomic E-state index is 5.79. The third-order valence-corrected chi connectivity index (χ3v) is 2.43. The van der Waals surface area contributed by atoms with E-state index in [9.17, 15) is 0 Å². The van der Waals surface area contributed by atoms with Gasteiger partial charge in [-0.05, 0) is 23.8 Å². The number of rotatable bonds is 2. The van der Waals surface area contributed by atoms with E-state index in [1.165, 1.54) is 0 Å². The second-order valence-electron chi connectivity index (χ2n) is 3.13. The molecule has 0 aliphatic heterocycles. The molecule has 0 unspecified atom stereocenters. The molecule has 0 N–H and O–H groups in total. The Morgan fingerprint density at radius 3 is 2.60 bits per heavy atom. The van der Waals surface area contributed by atoms with Gasteiger partial charge in [-0.3, -0.25) is 0 Å². The molecule has 0 fully saturated rings. The van der Waals surface area contributed by atoms with Crippen LogP contribution >= 0.6 is 11.6 Å². The zero-order valence-corrected chi connectivity index (χ0v) is 9.08. The zero-order valence-electron chi connectivity index (χ0n) is 8.33. The zero-order chi connectivity index (χ0) is 10.7. The van der Waals surface area contributed by atoms with Crippen molar-refractivity contribution in [1.82, 2.24) is 0 Å². The lowest BCUT2D eigenvalue weighted by molar-refractivity contribution is 0.416. The topological polar surface area (TPSA) is 9.23 Å². The first-order valence-electron chi connectivity index (χ1n) is 4.62. The average molecular weight is 218 g/mol. The van der Waals surface area contributed by atoms with Crippen LogP contribution in [0.5, 0.6) is 5.75 Å². The first-order chi connectivity index (χ1) is 7.31. The van der Waals surface area contributed by atoms with Crippen molar-refractivity contribution >= 4 is 11.6 Å². The highest BCUT2D eigenvalue weighted by Gasteiger charge is 2.03. The molecule has 2 rings (SSSR count). The highest BCUT2D eigenvalue weighted by Crippen LogP contribution is 2.29. The molecular weight excluding hydrogens is 208 g/mol. The van der Waals surface area contributed by atoms with Crippen LogP contribution in [-0.4, -0.2) is 7.11 Å². The summed E-state index contributed by atoms with van der Waals surface area (Å²) in [5, 5.41) is 0.619. The van der Waals surface area contributed by atoms with Gasteiger partial charge in [0.05, 0.1) is 7.11 Å². The number of ether oxygens (including phenoxy) is 1. The van der Waals surface area contributed by atoms with Crippen LogP contribution in [0, 0.1) is 6.07 Å². The van der Waals surface area contributed by atoms with Crippen molar-refractivity contribution in [3.05, 3.63) is 53.6 Å². The van der Waals surface area contributed by atoms with E-state index in [4.69, 9.17) is 16.3 Å². The van der Waals surface area contributed by atoms with Crippen LogP contribution in [0.15, 0.2) is 42.5 Å². The van der Waals surface area contributed by atoms with Gasteiger partial charge in [0.15, 0.2) is 0 Å². The van der Waals surface area contributed by atoms with Gasteiger partial charge in [0.2, 0.25) is 0 Å². The highest BCUT2D eigenvalue weighted by molar-refractivity contribution is 6.30. The molecule has 0 spiro atoms. The van der Waals surface area contributed by atoms with E-state index >= 15 is 0 Å². The van der Waals surface area contributed by atoms with Gasteiger partial charge >= 0.3 is 0 Å². The molecule has 0 amide bonds. The lowest BCUT2D eigenvalue weighted by Gasteiger charge is -2.07. The fraction of sp³-hybridized carbons (Fsp3) is 0.0769. The molecule has 1 radical (unpaired) electrons. The monoisotopic (exact) mass is 217 g/mol. The van der Waals surface area contributed by atoms with E-state index < -0.39 is 0 Å². The Hall–Kier alpha value is -1.47. The summed E-state index contributed by atoms with van der Waals surface area (Å²) in [6, 6.07) is 16.5. The number of methoxy groups -OCH3 is 1. The van der Waals surface area contributed by atoms with Crippen LogP contribution in [0.4, 0.5) is 0 Å². The SMILES string of the molecule is COc1ccccc1-c1c[c]c(Cl)cc1. The second-order valence-corrected chi connectivity index (χ2v) is 3.53. The fourth-order valence-electron chi connectivity index (χ4n) is 1.46. The Morgan fingerprint density at radius 1 is 1.13 bits per heavy atom. The van der Waals surface area contributed by atoms with Crippen molar-refractivity contribution in [2.45, 2.75) is 0 Å². The Bertz CT molecular complexity index is 448. The van der Waals surface area contributed by atoms with Gasteiger partial charge < -0.3 is 4.74 Å². The molecule has 2 heteroatoms. The van der Waals surface area contributed by atoms with Crippen molar-refractivity contribution in [3.63, 3.8) is 0 Å². The summed E-state index contributed by atoms with van der Waals surface area (Å²) in [6.45, 7) is 0. The molecule has 0 heterocycles. The summed E-state index contributed by atoms with van der Waals surface area (Å²) in [5.41, 5.74) is 2.10. The van der Waals surface area contributed by atoms with Gasteiger partial charge in [0, 0.05) is 16.7 Å². The molecule has 2 aromatic rings. The fourth-order valence-corrected chi connectivity index (χ4v) is 1.57. The maximum atomic E-state index is 5.79. The predicted octanol–water partition coefficient (Wildman–Crippen LogP) is 3.82. The molecule has 0 saturated heterocycles. The molecule has 2 aromatic carbocycles. The first-order valence-corrected chi connectivity index (χ1v) is 4.99. The van der Waals surface area contributed by atoms with Gasteiger partial charge in [-0.15, -0.1) is 0 Å². The summed E-state index contributed by atoms with van der Waals surface area (Å²) in [6.07, 6.45) is 0. The van der Waals surface area contributed by atoms with E-state index in [2.05, 4.69) is 6.07 Å². The lowest BCUT2D eigenvalue weighted by atomic mass is 10.1. The van der Waals surface area contributed by atoms with Crippen LogP contribution < -0.4 is 4.74 Å².